The number of rotatable bonds is 8. The maximum atomic E-state index is 13.8. The van der Waals surface area contributed by atoms with Gasteiger partial charge in [-0.2, -0.15) is 5.10 Å². The van der Waals surface area contributed by atoms with Gasteiger partial charge in [0.1, 0.15) is 17.7 Å². The molecule has 0 aliphatic carbocycles. The van der Waals surface area contributed by atoms with Crippen molar-refractivity contribution in [2.45, 2.75) is 39.5 Å². The summed E-state index contributed by atoms with van der Waals surface area (Å²) in [6.07, 6.45) is 0.172. The number of nitrogens with zero attached hydrogens (tertiary/aromatic N) is 3. The third-order valence-electron chi connectivity index (χ3n) is 5.08. The zero-order valence-electron chi connectivity index (χ0n) is 18.0. The average Bonchev–Trinajstić information content (AvgIpc) is 3.02. The van der Waals surface area contributed by atoms with Gasteiger partial charge in [0.15, 0.2) is 11.6 Å². The molecule has 3 aromatic rings. The predicted molar refractivity (Wildman–Crippen MR) is 114 cm³/mol. The standard InChI is InChI=1S/C22H27FN4O4/c1-12-21(13(2)27(26-12)10-17(29)11-28)15-7-20(22(24)25-9-15)31-14(3)18-8-16(23)5-6-19(18)30-4/h5-9,14,17,28-29H,10-11H2,1-4H3,(H2,24,25)/t14-,17?/m1/s1. The van der Waals surface area contributed by atoms with Crippen molar-refractivity contribution in [2.75, 3.05) is 19.5 Å². The lowest BCUT2D eigenvalue weighted by Crippen LogP contribution is -2.21. The largest absolute Gasteiger partial charge is 0.496 e. The van der Waals surface area contributed by atoms with Crippen molar-refractivity contribution in [3.8, 4) is 22.6 Å². The minimum Gasteiger partial charge on any atom is -0.496 e. The van der Waals surface area contributed by atoms with E-state index in [1.165, 1.54) is 19.2 Å². The molecule has 0 saturated carbocycles. The molecule has 0 bridgehead atoms. The second kappa shape index (κ2) is 9.32. The van der Waals surface area contributed by atoms with E-state index in [4.69, 9.17) is 20.3 Å². The molecule has 1 unspecified atom stereocenters. The lowest BCUT2D eigenvalue weighted by Gasteiger charge is -2.19. The Bertz CT molecular complexity index is 1070. The second-order valence-electron chi connectivity index (χ2n) is 7.32. The first-order valence-corrected chi connectivity index (χ1v) is 9.84. The van der Waals surface area contributed by atoms with Crippen LogP contribution in [0.15, 0.2) is 30.5 Å². The Hall–Kier alpha value is -3.17. The minimum atomic E-state index is -0.906. The van der Waals surface area contributed by atoms with Gasteiger partial charge >= 0.3 is 0 Å². The molecule has 0 aliphatic heterocycles. The van der Waals surface area contributed by atoms with Crippen molar-refractivity contribution >= 4 is 5.82 Å². The molecule has 3 rings (SSSR count). The minimum absolute atomic E-state index is 0.172. The van der Waals surface area contributed by atoms with Crippen LogP contribution in [-0.4, -0.2) is 44.8 Å². The first-order chi connectivity index (χ1) is 14.7. The summed E-state index contributed by atoms with van der Waals surface area (Å²) in [6, 6.07) is 5.99. The Labute approximate surface area is 180 Å². The van der Waals surface area contributed by atoms with Gasteiger partial charge in [-0.25, -0.2) is 9.37 Å². The van der Waals surface area contributed by atoms with Crippen LogP contribution in [0.5, 0.6) is 11.5 Å². The topological polar surface area (TPSA) is 116 Å². The summed E-state index contributed by atoms with van der Waals surface area (Å²) in [5, 5.41) is 23.3. The van der Waals surface area contributed by atoms with Gasteiger partial charge in [0.2, 0.25) is 0 Å². The van der Waals surface area contributed by atoms with Gasteiger partial charge in [-0.1, -0.05) is 0 Å². The molecule has 166 valence electrons. The first-order valence-electron chi connectivity index (χ1n) is 9.84. The van der Waals surface area contributed by atoms with E-state index < -0.39 is 18.0 Å². The normalized spacial score (nSPS) is 13.1. The maximum absolute atomic E-state index is 13.8. The predicted octanol–water partition coefficient (Wildman–Crippen LogP) is 2.79. The molecule has 0 radical (unpaired) electrons. The lowest BCUT2D eigenvalue weighted by atomic mass is 10.1. The molecule has 2 aromatic heterocycles. The molecule has 1 aromatic carbocycles. The van der Waals surface area contributed by atoms with Crippen molar-refractivity contribution in [3.63, 3.8) is 0 Å². The van der Waals surface area contributed by atoms with Crippen LogP contribution in [0, 0.1) is 19.7 Å². The van der Waals surface area contributed by atoms with Crippen LogP contribution in [0.3, 0.4) is 0 Å². The molecule has 0 fully saturated rings. The molecule has 2 heterocycles. The number of benzene rings is 1. The molecule has 8 nitrogen and oxygen atoms in total. The monoisotopic (exact) mass is 430 g/mol. The molecule has 0 spiro atoms. The number of pyridine rings is 1. The summed E-state index contributed by atoms with van der Waals surface area (Å²) in [7, 11) is 1.51. The third kappa shape index (κ3) is 4.78. The van der Waals surface area contributed by atoms with E-state index >= 15 is 0 Å². The Balaban J connectivity index is 1.94. The van der Waals surface area contributed by atoms with E-state index in [9.17, 15) is 9.50 Å². The van der Waals surface area contributed by atoms with Crippen LogP contribution in [-0.2, 0) is 6.54 Å². The number of aliphatic hydroxyl groups excluding tert-OH is 2. The maximum Gasteiger partial charge on any atom is 0.166 e. The highest BCUT2D eigenvalue weighted by Crippen LogP contribution is 2.35. The second-order valence-corrected chi connectivity index (χ2v) is 7.32. The van der Waals surface area contributed by atoms with Gasteiger partial charge in [-0.3, -0.25) is 4.68 Å². The van der Waals surface area contributed by atoms with Crippen molar-refractivity contribution in [2.24, 2.45) is 0 Å². The van der Waals surface area contributed by atoms with Crippen LogP contribution in [0.25, 0.3) is 11.1 Å². The molecular formula is C22H27FN4O4. The number of methoxy groups -OCH3 is 1. The number of ether oxygens (including phenoxy) is 2. The molecule has 4 N–H and O–H groups in total. The Morgan fingerprint density at radius 2 is 1.97 bits per heavy atom. The number of nitrogens with two attached hydrogens (primary N) is 1. The van der Waals surface area contributed by atoms with Gasteiger partial charge in [0.05, 0.1) is 32.1 Å². The van der Waals surface area contributed by atoms with Crippen LogP contribution < -0.4 is 15.2 Å². The number of hydrogen-bond acceptors (Lipinski definition) is 7. The number of aromatic nitrogens is 3. The number of hydrogen-bond donors (Lipinski definition) is 3. The smallest absolute Gasteiger partial charge is 0.166 e. The van der Waals surface area contributed by atoms with Gasteiger partial charge < -0.3 is 25.4 Å². The highest BCUT2D eigenvalue weighted by atomic mass is 19.1. The van der Waals surface area contributed by atoms with Crippen molar-refractivity contribution < 1.29 is 24.1 Å². The average molecular weight is 430 g/mol. The van der Waals surface area contributed by atoms with Crippen LogP contribution in [0.2, 0.25) is 0 Å². The fourth-order valence-corrected chi connectivity index (χ4v) is 3.51. The fraction of sp³-hybridized carbons (Fsp3) is 0.364. The van der Waals surface area contributed by atoms with E-state index in [2.05, 4.69) is 10.1 Å². The SMILES string of the molecule is COc1ccc(F)cc1[C@@H](C)Oc1cc(-c2c(C)nn(CC(O)CO)c2C)cnc1N. The van der Waals surface area contributed by atoms with Gasteiger partial charge in [0.25, 0.3) is 0 Å². The van der Waals surface area contributed by atoms with E-state index in [0.717, 1.165) is 22.5 Å². The van der Waals surface area contributed by atoms with E-state index in [1.54, 1.807) is 29.9 Å². The van der Waals surface area contributed by atoms with E-state index in [0.29, 0.717) is 17.1 Å². The van der Waals surface area contributed by atoms with Crippen molar-refractivity contribution in [1.82, 2.24) is 14.8 Å². The highest BCUT2D eigenvalue weighted by Gasteiger charge is 2.20. The molecule has 0 saturated heterocycles. The van der Waals surface area contributed by atoms with E-state index in [1.807, 2.05) is 13.8 Å². The number of aliphatic hydroxyl groups is 2. The van der Waals surface area contributed by atoms with Crippen molar-refractivity contribution in [1.29, 1.82) is 0 Å². The summed E-state index contributed by atoms with van der Waals surface area (Å²) >= 11 is 0. The number of anilines is 1. The van der Waals surface area contributed by atoms with Crippen LogP contribution in [0.4, 0.5) is 10.2 Å². The lowest BCUT2D eigenvalue weighted by molar-refractivity contribution is 0.0777. The highest BCUT2D eigenvalue weighted by molar-refractivity contribution is 5.71. The van der Waals surface area contributed by atoms with Crippen LogP contribution in [0.1, 0.15) is 30.0 Å². The summed E-state index contributed by atoms with van der Waals surface area (Å²) in [5.74, 6) is 0.657. The molecular weight excluding hydrogens is 403 g/mol. The molecule has 31 heavy (non-hydrogen) atoms. The zero-order chi connectivity index (χ0) is 22.7. The third-order valence-corrected chi connectivity index (χ3v) is 5.08. The molecule has 2 atom stereocenters. The Kier molecular flexibility index (Phi) is 6.77. The van der Waals surface area contributed by atoms with E-state index in [-0.39, 0.29) is 19.0 Å². The summed E-state index contributed by atoms with van der Waals surface area (Å²) in [6.45, 7) is 5.31. The Morgan fingerprint density at radius 3 is 2.65 bits per heavy atom. The number of halogens is 1. The van der Waals surface area contributed by atoms with Crippen molar-refractivity contribution in [3.05, 3.63) is 53.2 Å². The Morgan fingerprint density at radius 1 is 1.23 bits per heavy atom. The number of aryl methyl sites for hydroxylation is 1. The van der Waals surface area contributed by atoms with Crippen LogP contribution >= 0.6 is 0 Å². The summed E-state index contributed by atoms with van der Waals surface area (Å²) < 4.78 is 26.7. The fourth-order valence-electron chi connectivity index (χ4n) is 3.51. The van der Waals surface area contributed by atoms with Gasteiger partial charge in [0, 0.05) is 28.6 Å². The summed E-state index contributed by atoms with van der Waals surface area (Å²) in [5.41, 5.74) is 9.70. The molecule has 0 amide bonds. The van der Waals surface area contributed by atoms with Gasteiger partial charge in [-0.05, 0) is 45.0 Å². The summed E-state index contributed by atoms with van der Waals surface area (Å²) in [4.78, 5) is 4.25. The molecule has 0 aliphatic rings. The number of nitrogen functional groups attached to an aromatic ring is 1. The molecule has 9 heteroatoms. The first kappa shape index (κ1) is 22.5. The quantitative estimate of drug-likeness (QED) is 0.503. The zero-order valence-corrected chi connectivity index (χ0v) is 18.0. The van der Waals surface area contributed by atoms with Gasteiger partial charge in [-0.15, -0.1) is 0 Å².